The van der Waals surface area contributed by atoms with Gasteiger partial charge in [-0.25, -0.2) is 14.8 Å². The second-order valence-electron chi connectivity index (χ2n) is 7.88. The van der Waals surface area contributed by atoms with Crippen LogP contribution in [0, 0.1) is 0 Å². The molecule has 0 bridgehead atoms. The molecule has 1 aromatic carbocycles. The van der Waals surface area contributed by atoms with Gasteiger partial charge in [-0.2, -0.15) is 0 Å². The van der Waals surface area contributed by atoms with Crippen molar-refractivity contribution in [2.45, 2.75) is 39.2 Å². The number of rotatable bonds is 1. The summed E-state index contributed by atoms with van der Waals surface area (Å²) in [5.41, 5.74) is 4.02. The normalized spacial score (nSPS) is 14.7. The summed E-state index contributed by atoms with van der Waals surface area (Å²) in [4.78, 5) is 23.2. The van der Waals surface area contributed by atoms with Crippen LogP contribution in [0.25, 0.3) is 16.9 Å². The number of ether oxygens (including phenoxy) is 1. The molecule has 0 aliphatic carbocycles. The third-order valence-corrected chi connectivity index (χ3v) is 4.72. The fraction of sp³-hybridized carbons (Fsp3) is 0.381. The molecule has 1 aliphatic rings. The van der Waals surface area contributed by atoms with Gasteiger partial charge in [0.15, 0.2) is 0 Å². The first-order valence-corrected chi connectivity index (χ1v) is 9.29. The molecule has 0 saturated carbocycles. The van der Waals surface area contributed by atoms with Crippen LogP contribution in [0.5, 0.6) is 0 Å². The van der Waals surface area contributed by atoms with Crippen LogP contribution in [0.2, 0.25) is 0 Å². The van der Waals surface area contributed by atoms with Crippen molar-refractivity contribution < 1.29 is 9.53 Å². The Kier molecular flexibility index (Phi) is 4.34. The van der Waals surface area contributed by atoms with Gasteiger partial charge in [0.2, 0.25) is 0 Å². The molecule has 140 valence electrons. The molecule has 3 aromatic rings. The molecule has 2 aromatic heterocycles. The lowest BCUT2D eigenvalue weighted by atomic mass is 10.0. The Morgan fingerprint density at radius 2 is 1.81 bits per heavy atom. The van der Waals surface area contributed by atoms with E-state index in [2.05, 4.69) is 22.1 Å². The summed E-state index contributed by atoms with van der Waals surface area (Å²) >= 11 is 0. The highest BCUT2D eigenvalue weighted by Crippen LogP contribution is 2.25. The van der Waals surface area contributed by atoms with Gasteiger partial charge in [-0.1, -0.05) is 6.07 Å². The van der Waals surface area contributed by atoms with Crippen molar-refractivity contribution in [3.8, 4) is 5.82 Å². The standard InChI is InChI=1S/C21H24N4O2/c1-21(2,3)27-20(26)24-10-7-15-12-17-18(13-16(15)8-11-24)25(14-23-17)19-6-4-5-9-22-19/h4-6,9,12-14H,7-8,10-11H2,1-3H3. The number of hydrogen-bond acceptors (Lipinski definition) is 4. The summed E-state index contributed by atoms with van der Waals surface area (Å²) < 4.78 is 7.54. The fourth-order valence-corrected chi connectivity index (χ4v) is 3.42. The lowest BCUT2D eigenvalue weighted by molar-refractivity contribution is 0.0258. The molecular formula is C21H24N4O2. The number of nitrogens with zero attached hydrogens (tertiary/aromatic N) is 4. The quantitative estimate of drug-likeness (QED) is 0.660. The minimum Gasteiger partial charge on any atom is -0.444 e. The molecule has 27 heavy (non-hydrogen) atoms. The first kappa shape index (κ1) is 17.5. The highest BCUT2D eigenvalue weighted by molar-refractivity contribution is 5.79. The predicted molar refractivity (Wildman–Crippen MR) is 104 cm³/mol. The zero-order chi connectivity index (χ0) is 19.0. The van der Waals surface area contributed by atoms with Crippen LogP contribution in [0.1, 0.15) is 31.9 Å². The second kappa shape index (κ2) is 6.68. The zero-order valence-electron chi connectivity index (χ0n) is 16.0. The first-order chi connectivity index (χ1) is 12.9. The van der Waals surface area contributed by atoms with E-state index in [1.54, 1.807) is 11.1 Å². The second-order valence-corrected chi connectivity index (χ2v) is 7.88. The van der Waals surface area contributed by atoms with Crippen LogP contribution < -0.4 is 0 Å². The predicted octanol–water partition coefficient (Wildman–Crippen LogP) is 3.76. The molecule has 3 heterocycles. The largest absolute Gasteiger partial charge is 0.444 e. The summed E-state index contributed by atoms with van der Waals surface area (Å²) in [6, 6.07) is 10.2. The monoisotopic (exact) mass is 364 g/mol. The molecule has 6 nitrogen and oxygen atoms in total. The van der Waals surface area contributed by atoms with Crippen LogP contribution in [0.4, 0.5) is 4.79 Å². The lowest BCUT2D eigenvalue weighted by Crippen LogP contribution is -2.38. The van der Waals surface area contributed by atoms with Crippen molar-refractivity contribution in [2.75, 3.05) is 13.1 Å². The Labute approximate surface area is 158 Å². The third-order valence-electron chi connectivity index (χ3n) is 4.72. The summed E-state index contributed by atoms with van der Waals surface area (Å²) in [6.07, 6.45) is 4.97. The molecule has 0 atom stereocenters. The smallest absolute Gasteiger partial charge is 0.410 e. The van der Waals surface area contributed by atoms with Crippen LogP contribution in [0.3, 0.4) is 0 Å². The number of aromatic nitrogens is 3. The fourth-order valence-electron chi connectivity index (χ4n) is 3.42. The Balaban J connectivity index is 1.62. The van der Waals surface area contributed by atoms with E-state index in [0.29, 0.717) is 13.1 Å². The van der Waals surface area contributed by atoms with Crippen molar-refractivity contribution >= 4 is 17.1 Å². The van der Waals surface area contributed by atoms with Gasteiger partial charge in [-0.3, -0.25) is 4.57 Å². The van der Waals surface area contributed by atoms with Gasteiger partial charge in [0.05, 0.1) is 11.0 Å². The maximum atomic E-state index is 12.4. The minimum atomic E-state index is -0.477. The number of imidazole rings is 1. The van der Waals surface area contributed by atoms with Crippen LogP contribution in [-0.2, 0) is 17.6 Å². The summed E-state index contributed by atoms with van der Waals surface area (Å²) in [5, 5.41) is 0. The molecule has 4 rings (SSSR count). The number of carbonyl (C=O) groups excluding carboxylic acids is 1. The molecule has 0 radical (unpaired) electrons. The molecule has 1 aliphatic heterocycles. The molecular weight excluding hydrogens is 340 g/mol. The van der Waals surface area contributed by atoms with E-state index in [-0.39, 0.29) is 6.09 Å². The Bertz CT molecular complexity index is 973. The highest BCUT2D eigenvalue weighted by Gasteiger charge is 2.24. The van der Waals surface area contributed by atoms with Gasteiger partial charge in [-0.15, -0.1) is 0 Å². The van der Waals surface area contributed by atoms with E-state index in [9.17, 15) is 4.79 Å². The first-order valence-electron chi connectivity index (χ1n) is 9.29. The van der Waals surface area contributed by atoms with E-state index < -0.39 is 5.60 Å². The SMILES string of the molecule is CC(C)(C)OC(=O)N1CCc2cc3ncn(-c4ccccn4)c3cc2CC1. The summed E-state index contributed by atoms with van der Waals surface area (Å²) in [7, 11) is 0. The van der Waals surface area contributed by atoms with E-state index in [1.165, 1.54) is 11.1 Å². The number of hydrogen-bond donors (Lipinski definition) is 0. The van der Waals surface area contributed by atoms with Gasteiger partial charge in [0.1, 0.15) is 17.7 Å². The minimum absolute atomic E-state index is 0.240. The number of amides is 1. The van der Waals surface area contributed by atoms with E-state index in [0.717, 1.165) is 29.7 Å². The van der Waals surface area contributed by atoms with Gasteiger partial charge >= 0.3 is 6.09 Å². The molecule has 0 fully saturated rings. The van der Waals surface area contributed by atoms with E-state index >= 15 is 0 Å². The van der Waals surface area contributed by atoms with Gasteiger partial charge in [0.25, 0.3) is 0 Å². The molecule has 0 unspecified atom stereocenters. The maximum absolute atomic E-state index is 12.4. The van der Waals surface area contributed by atoms with Crippen LogP contribution in [-0.4, -0.2) is 44.2 Å². The average molecular weight is 364 g/mol. The third kappa shape index (κ3) is 3.65. The van der Waals surface area contributed by atoms with Gasteiger partial charge in [0, 0.05) is 19.3 Å². The van der Waals surface area contributed by atoms with Crippen LogP contribution in [0.15, 0.2) is 42.9 Å². The number of benzene rings is 1. The maximum Gasteiger partial charge on any atom is 0.410 e. The number of pyridine rings is 1. The summed E-state index contributed by atoms with van der Waals surface area (Å²) in [5.74, 6) is 0.851. The molecule has 1 amide bonds. The van der Waals surface area contributed by atoms with Crippen LogP contribution >= 0.6 is 0 Å². The van der Waals surface area contributed by atoms with Crippen molar-refractivity contribution in [3.63, 3.8) is 0 Å². The topological polar surface area (TPSA) is 60.2 Å². The van der Waals surface area contributed by atoms with Crippen molar-refractivity contribution in [1.82, 2.24) is 19.4 Å². The number of carbonyl (C=O) groups is 1. The Morgan fingerprint density at radius 1 is 1.07 bits per heavy atom. The zero-order valence-corrected chi connectivity index (χ0v) is 16.0. The molecule has 0 spiro atoms. The molecule has 0 N–H and O–H groups in total. The molecule has 0 saturated heterocycles. The van der Waals surface area contributed by atoms with E-state index in [4.69, 9.17) is 4.74 Å². The number of fused-ring (bicyclic) bond motifs is 2. The highest BCUT2D eigenvalue weighted by atomic mass is 16.6. The van der Waals surface area contributed by atoms with Gasteiger partial charge < -0.3 is 9.64 Å². The summed E-state index contributed by atoms with van der Waals surface area (Å²) in [6.45, 7) is 7.00. The lowest BCUT2D eigenvalue weighted by Gasteiger charge is -2.26. The van der Waals surface area contributed by atoms with Crippen molar-refractivity contribution in [2.24, 2.45) is 0 Å². The Hall–Kier alpha value is -2.89. The van der Waals surface area contributed by atoms with E-state index in [1.807, 2.05) is 49.9 Å². The average Bonchev–Trinajstić information content (AvgIpc) is 2.91. The Morgan fingerprint density at radius 3 is 2.48 bits per heavy atom. The van der Waals surface area contributed by atoms with Crippen molar-refractivity contribution in [3.05, 3.63) is 54.0 Å². The molecule has 6 heteroatoms. The van der Waals surface area contributed by atoms with Crippen molar-refractivity contribution in [1.29, 1.82) is 0 Å². The van der Waals surface area contributed by atoms with Gasteiger partial charge in [-0.05, 0) is 69.0 Å².